The first-order chi connectivity index (χ1) is 8.13. The van der Waals surface area contributed by atoms with Crippen LogP contribution in [0.15, 0.2) is 24.3 Å². The molecule has 1 aromatic carbocycles. The van der Waals surface area contributed by atoms with E-state index in [1.807, 2.05) is 12.1 Å². The molecule has 17 heavy (non-hydrogen) atoms. The smallest absolute Gasteiger partial charge is 0.319 e. The number of aliphatic hydroxyl groups is 1. The van der Waals surface area contributed by atoms with Gasteiger partial charge in [0.2, 0.25) is 0 Å². The third-order valence-corrected chi connectivity index (χ3v) is 2.44. The van der Waals surface area contributed by atoms with E-state index in [1.54, 1.807) is 19.1 Å². The van der Waals surface area contributed by atoms with E-state index in [9.17, 15) is 9.90 Å². The second-order valence-electron chi connectivity index (χ2n) is 4.04. The number of amides is 2. The lowest BCUT2D eigenvalue weighted by atomic mass is 10.1. The normalized spacial score (nSPS) is 11.9. The van der Waals surface area contributed by atoms with E-state index in [1.165, 1.54) is 0 Å². The first-order valence-corrected chi connectivity index (χ1v) is 5.96. The van der Waals surface area contributed by atoms with Gasteiger partial charge in [-0.1, -0.05) is 25.5 Å². The largest absolute Gasteiger partial charge is 0.389 e. The zero-order chi connectivity index (χ0) is 12.7. The standard InChI is InChI=1S/C13H20N2O2/c1-3-4-8-14-13(17)15-12-7-5-6-11(9-12)10(2)16/h5-7,9-10,16H,3-4,8H2,1-2H3,(H2,14,15,17). The van der Waals surface area contributed by atoms with Crippen molar-refractivity contribution in [2.45, 2.75) is 32.8 Å². The second-order valence-corrected chi connectivity index (χ2v) is 4.04. The second kappa shape index (κ2) is 6.91. The molecule has 0 spiro atoms. The van der Waals surface area contributed by atoms with Crippen LogP contribution in [0.4, 0.5) is 10.5 Å². The molecule has 0 aliphatic rings. The van der Waals surface area contributed by atoms with Crippen LogP contribution in [0.3, 0.4) is 0 Å². The van der Waals surface area contributed by atoms with Crippen molar-refractivity contribution < 1.29 is 9.90 Å². The zero-order valence-electron chi connectivity index (χ0n) is 10.4. The Morgan fingerprint density at radius 2 is 2.24 bits per heavy atom. The highest BCUT2D eigenvalue weighted by Gasteiger charge is 2.04. The summed E-state index contributed by atoms with van der Waals surface area (Å²) in [6.07, 6.45) is 1.50. The lowest BCUT2D eigenvalue weighted by Crippen LogP contribution is -2.29. The molecule has 1 atom stereocenters. The highest BCUT2D eigenvalue weighted by atomic mass is 16.3. The molecule has 3 N–H and O–H groups in total. The Hall–Kier alpha value is -1.55. The summed E-state index contributed by atoms with van der Waals surface area (Å²) in [6, 6.07) is 6.99. The summed E-state index contributed by atoms with van der Waals surface area (Å²) < 4.78 is 0. The Bertz CT molecular complexity index is 364. The SMILES string of the molecule is CCCCNC(=O)Nc1cccc(C(C)O)c1. The van der Waals surface area contributed by atoms with Crippen LogP contribution in [0.2, 0.25) is 0 Å². The lowest BCUT2D eigenvalue weighted by Gasteiger charge is -2.09. The highest BCUT2D eigenvalue weighted by molar-refractivity contribution is 5.89. The molecule has 0 radical (unpaired) electrons. The minimum Gasteiger partial charge on any atom is -0.389 e. The predicted octanol–water partition coefficient (Wildman–Crippen LogP) is 2.66. The van der Waals surface area contributed by atoms with Crippen LogP contribution in [-0.4, -0.2) is 17.7 Å². The first-order valence-electron chi connectivity index (χ1n) is 5.96. The van der Waals surface area contributed by atoms with E-state index in [2.05, 4.69) is 17.6 Å². The first kappa shape index (κ1) is 13.5. The fourth-order valence-corrected chi connectivity index (χ4v) is 1.43. The summed E-state index contributed by atoms with van der Waals surface area (Å²) in [5.74, 6) is 0. The van der Waals surface area contributed by atoms with Gasteiger partial charge in [0.05, 0.1) is 6.10 Å². The lowest BCUT2D eigenvalue weighted by molar-refractivity contribution is 0.199. The van der Waals surface area contributed by atoms with Crippen molar-refractivity contribution in [1.82, 2.24) is 5.32 Å². The number of nitrogens with one attached hydrogen (secondary N) is 2. The molecule has 0 bridgehead atoms. The Labute approximate surface area is 102 Å². The topological polar surface area (TPSA) is 61.4 Å². The number of urea groups is 1. The van der Waals surface area contributed by atoms with E-state index in [0.29, 0.717) is 12.2 Å². The summed E-state index contributed by atoms with van der Waals surface area (Å²) >= 11 is 0. The van der Waals surface area contributed by atoms with Crippen LogP contribution < -0.4 is 10.6 Å². The Morgan fingerprint density at radius 3 is 2.88 bits per heavy atom. The summed E-state index contributed by atoms with van der Waals surface area (Å²) in [5, 5.41) is 14.9. The van der Waals surface area contributed by atoms with Crippen molar-refractivity contribution in [2.24, 2.45) is 0 Å². The summed E-state index contributed by atoms with van der Waals surface area (Å²) in [5.41, 5.74) is 1.48. The van der Waals surface area contributed by atoms with E-state index >= 15 is 0 Å². The summed E-state index contributed by atoms with van der Waals surface area (Å²) in [6.45, 7) is 4.45. The number of benzene rings is 1. The Morgan fingerprint density at radius 1 is 1.47 bits per heavy atom. The number of rotatable bonds is 5. The molecule has 4 nitrogen and oxygen atoms in total. The van der Waals surface area contributed by atoms with E-state index in [4.69, 9.17) is 0 Å². The van der Waals surface area contributed by atoms with Gasteiger partial charge in [-0.05, 0) is 31.0 Å². The van der Waals surface area contributed by atoms with Crippen molar-refractivity contribution in [3.8, 4) is 0 Å². The van der Waals surface area contributed by atoms with Gasteiger partial charge in [-0.3, -0.25) is 0 Å². The van der Waals surface area contributed by atoms with Gasteiger partial charge in [-0.15, -0.1) is 0 Å². The molecule has 1 unspecified atom stereocenters. The number of unbranched alkanes of at least 4 members (excludes halogenated alkanes) is 1. The van der Waals surface area contributed by atoms with Gasteiger partial charge in [0.25, 0.3) is 0 Å². The van der Waals surface area contributed by atoms with Crippen LogP contribution in [-0.2, 0) is 0 Å². The van der Waals surface area contributed by atoms with E-state index in [0.717, 1.165) is 18.4 Å². The number of hydrogen-bond acceptors (Lipinski definition) is 2. The monoisotopic (exact) mass is 236 g/mol. The molecule has 2 amide bonds. The van der Waals surface area contributed by atoms with Gasteiger partial charge < -0.3 is 15.7 Å². The molecular formula is C13H20N2O2. The molecule has 94 valence electrons. The zero-order valence-corrected chi connectivity index (χ0v) is 10.4. The van der Waals surface area contributed by atoms with Crippen molar-refractivity contribution in [3.05, 3.63) is 29.8 Å². The molecule has 0 saturated heterocycles. The third-order valence-electron chi connectivity index (χ3n) is 2.44. The molecule has 1 rings (SSSR count). The molecule has 0 aromatic heterocycles. The summed E-state index contributed by atoms with van der Waals surface area (Å²) in [4.78, 5) is 11.5. The molecule has 0 fully saturated rings. The average molecular weight is 236 g/mol. The van der Waals surface area contributed by atoms with Crippen LogP contribution in [0, 0.1) is 0 Å². The molecule has 4 heteroatoms. The van der Waals surface area contributed by atoms with E-state index in [-0.39, 0.29) is 6.03 Å². The van der Waals surface area contributed by atoms with Crippen molar-refractivity contribution in [2.75, 3.05) is 11.9 Å². The minimum atomic E-state index is -0.528. The van der Waals surface area contributed by atoms with Gasteiger partial charge in [0.15, 0.2) is 0 Å². The maximum atomic E-state index is 11.5. The van der Waals surface area contributed by atoms with Gasteiger partial charge in [-0.2, -0.15) is 0 Å². The summed E-state index contributed by atoms with van der Waals surface area (Å²) in [7, 11) is 0. The maximum absolute atomic E-state index is 11.5. The fourth-order valence-electron chi connectivity index (χ4n) is 1.43. The molecule has 0 heterocycles. The molecule has 0 saturated carbocycles. The molecule has 1 aromatic rings. The van der Waals surface area contributed by atoms with Crippen LogP contribution in [0.25, 0.3) is 0 Å². The number of carbonyl (C=O) groups excluding carboxylic acids is 1. The maximum Gasteiger partial charge on any atom is 0.319 e. The Balaban J connectivity index is 2.50. The number of anilines is 1. The fraction of sp³-hybridized carbons (Fsp3) is 0.462. The molecular weight excluding hydrogens is 216 g/mol. The molecule has 0 aliphatic heterocycles. The van der Waals surface area contributed by atoms with Crippen molar-refractivity contribution >= 4 is 11.7 Å². The Kier molecular flexibility index (Phi) is 5.49. The number of hydrogen-bond donors (Lipinski definition) is 3. The highest BCUT2D eigenvalue weighted by Crippen LogP contribution is 2.16. The van der Waals surface area contributed by atoms with Gasteiger partial charge in [0, 0.05) is 12.2 Å². The van der Waals surface area contributed by atoms with E-state index < -0.39 is 6.10 Å². The quantitative estimate of drug-likeness (QED) is 0.688. The van der Waals surface area contributed by atoms with Gasteiger partial charge in [-0.25, -0.2) is 4.79 Å². The number of carbonyl (C=O) groups is 1. The van der Waals surface area contributed by atoms with Crippen LogP contribution in [0.1, 0.15) is 38.4 Å². The average Bonchev–Trinajstić information content (AvgIpc) is 2.29. The van der Waals surface area contributed by atoms with Crippen molar-refractivity contribution in [3.63, 3.8) is 0 Å². The molecule has 0 aliphatic carbocycles. The predicted molar refractivity (Wildman–Crippen MR) is 69.0 cm³/mol. The van der Waals surface area contributed by atoms with Crippen LogP contribution >= 0.6 is 0 Å². The third kappa shape index (κ3) is 4.87. The van der Waals surface area contributed by atoms with Gasteiger partial charge >= 0.3 is 6.03 Å². The number of aliphatic hydroxyl groups excluding tert-OH is 1. The minimum absolute atomic E-state index is 0.207. The van der Waals surface area contributed by atoms with Crippen LogP contribution in [0.5, 0.6) is 0 Å². The van der Waals surface area contributed by atoms with Gasteiger partial charge in [0.1, 0.15) is 0 Å². The van der Waals surface area contributed by atoms with Crippen molar-refractivity contribution in [1.29, 1.82) is 0 Å².